The number of nitrogen functional groups attached to an aromatic ring is 1. The molecule has 2 nitrogen and oxygen atoms in total. The Bertz CT molecular complexity index is 505. The van der Waals surface area contributed by atoms with E-state index in [9.17, 15) is 0 Å². The first-order valence-corrected chi connectivity index (χ1v) is 6.29. The third-order valence-electron chi connectivity index (χ3n) is 2.26. The third kappa shape index (κ3) is 2.20. The van der Waals surface area contributed by atoms with Gasteiger partial charge in [0.15, 0.2) is 0 Å². The van der Waals surface area contributed by atoms with Crippen LogP contribution in [-0.4, -0.2) is 4.98 Å². The zero-order valence-corrected chi connectivity index (χ0v) is 10.8. The van der Waals surface area contributed by atoms with E-state index in [0.29, 0.717) is 10.9 Å². The van der Waals surface area contributed by atoms with Gasteiger partial charge in [0.05, 0.1) is 5.01 Å². The van der Waals surface area contributed by atoms with Crippen molar-refractivity contribution in [3.8, 4) is 11.3 Å². The molecule has 0 bridgehead atoms. The molecule has 4 heteroatoms. The van der Waals surface area contributed by atoms with Crippen molar-refractivity contribution >= 4 is 27.9 Å². The van der Waals surface area contributed by atoms with Crippen LogP contribution in [0.3, 0.4) is 0 Å². The topological polar surface area (TPSA) is 38.9 Å². The molecular weight excluding hydrogens is 240 g/mol. The molecule has 0 radical (unpaired) electrons. The lowest BCUT2D eigenvalue weighted by molar-refractivity contribution is 0.854. The molecule has 0 spiro atoms. The van der Waals surface area contributed by atoms with Gasteiger partial charge in [-0.2, -0.15) is 0 Å². The second-order valence-corrected chi connectivity index (χ2v) is 5.43. The maximum absolute atomic E-state index is 5.97. The van der Waals surface area contributed by atoms with E-state index >= 15 is 0 Å². The van der Waals surface area contributed by atoms with Crippen molar-refractivity contribution in [3.05, 3.63) is 34.3 Å². The summed E-state index contributed by atoms with van der Waals surface area (Å²) in [5, 5.41) is 2.52. The van der Waals surface area contributed by atoms with Gasteiger partial charge in [0.1, 0.15) is 10.7 Å². The summed E-state index contributed by atoms with van der Waals surface area (Å²) in [5.41, 5.74) is 7.80. The van der Waals surface area contributed by atoms with Crippen molar-refractivity contribution in [2.75, 3.05) is 5.73 Å². The predicted octanol–water partition coefficient (Wildman–Crippen LogP) is 4.17. The van der Waals surface area contributed by atoms with E-state index in [1.54, 1.807) is 11.3 Å². The van der Waals surface area contributed by atoms with Gasteiger partial charge in [-0.1, -0.05) is 37.6 Å². The predicted molar refractivity (Wildman–Crippen MR) is 71.1 cm³/mol. The van der Waals surface area contributed by atoms with Gasteiger partial charge in [-0.05, 0) is 12.1 Å². The molecule has 2 rings (SSSR count). The number of rotatable bonds is 2. The molecule has 2 aromatic rings. The van der Waals surface area contributed by atoms with Gasteiger partial charge in [-0.25, -0.2) is 4.98 Å². The van der Waals surface area contributed by atoms with Crippen molar-refractivity contribution in [1.29, 1.82) is 0 Å². The lowest BCUT2D eigenvalue weighted by atomic mass is 10.1. The summed E-state index contributed by atoms with van der Waals surface area (Å²) >= 11 is 7.50. The Kier molecular flexibility index (Phi) is 3.17. The van der Waals surface area contributed by atoms with Gasteiger partial charge in [0.25, 0.3) is 0 Å². The Morgan fingerprint density at radius 2 is 2.12 bits per heavy atom. The summed E-state index contributed by atoms with van der Waals surface area (Å²) in [6, 6.07) is 7.61. The standard InChI is InChI=1S/C12H13ClN2S/c1-7(2)12-15-10(11(14)16-12)8-4-3-5-9(13)6-8/h3-7H,14H2,1-2H3. The third-order valence-corrected chi connectivity index (χ3v) is 3.68. The van der Waals surface area contributed by atoms with Gasteiger partial charge < -0.3 is 5.73 Å². The molecule has 0 aliphatic heterocycles. The van der Waals surface area contributed by atoms with E-state index in [0.717, 1.165) is 21.3 Å². The number of benzene rings is 1. The average molecular weight is 253 g/mol. The quantitative estimate of drug-likeness (QED) is 0.871. The average Bonchev–Trinajstić information content (AvgIpc) is 2.60. The molecule has 0 saturated heterocycles. The van der Waals surface area contributed by atoms with Gasteiger partial charge in [0, 0.05) is 16.5 Å². The second kappa shape index (κ2) is 4.44. The molecular formula is C12H13ClN2S. The van der Waals surface area contributed by atoms with Crippen LogP contribution >= 0.6 is 22.9 Å². The molecule has 0 aliphatic rings. The Balaban J connectivity index is 2.48. The molecule has 0 amide bonds. The first-order valence-electron chi connectivity index (χ1n) is 5.10. The van der Waals surface area contributed by atoms with Crippen molar-refractivity contribution in [3.63, 3.8) is 0 Å². The number of thiazole rings is 1. The number of aromatic nitrogens is 1. The van der Waals surface area contributed by atoms with E-state index in [4.69, 9.17) is 17.3 Å². The maximum Gasteiger partial charge on any atom is 0.114 e. The number of nitrogens with two attached hydrogens (primary N) is 1. The van der Waals surface area contributed by atoms with E-state index in [2.05, 4.69) is 18.8 Å². The molecule has 1 heterocycles. The largest absolute Gasteiger partial charge is 0.389 e. The highest BCUT2D eigenvalue weighted by molar-refractivity contribution is 7.16. The number of halogens is 1. The summed E-state index contributed by atoms with van der Waals surface area (Å²) in [6.07, 6.45) is 0. The van der Waals surface area contributed by atoms with Crippen LogP contribution in [0, 0.1) is 0 Å². The molecule has 0 saturated carbocycles. The molecule has 16 heavy (non-hydrogen) atoms. The van der Waals surface area contributed by atoms with E-state index in [1.165, 1.54) is 0 Å². The molecule has 0 unspecified atom stereocenters. The fourth-order valence-electron chi connectivity index (χ4n) is 1.44. The summed E-state index contributed by atoms with van der Waals surface area (Å²) in [4.78, 5) is 4.56. The van der Waals surface area contributed by atoms with Crippen LogP contribution in [0.5, 0.6) is 0 Å². The summed E-state index contributed by atoms with van der Waals surface area (Å²) in [5.74, 6) is 0.403. The Labute approximate surface area is 104 Å². The molecule has 2 N–H and O–H groups in total. The highest BCUT2D eigenvalue weighted by Crippen LogP contribution is 2.34. The zero-order valence-electron chi connectivity index (χ0n) is 9.20. The molecule has 0 atom stereocenters. The van der Waals surface area contributed by atoms with E-state index in [-0.39, 0.29) is 0 Å². The van der Waals surface area contributed by atoms with Crippen molar-refractivity contribution in [2.24, 2.45) is 0 Å². The monoisotopic (exact) mass is 252 g/mol. The van der Waals surface area contributed by atoms with Crippen LogP contribution in [0.2, 0.25) is 5.02 Å². The lowest BCUT2D eigenvalue weighted by Crippen LogP contribution is -1.87. The minimum Gasteiger partial charge on any atom is -0.389 e. The molecule has 0 aliphatic carbocycles. The van der Waals surface area contributed by atoms with Gasteiger partial charge in [-0.15, -0.1) is 11.3 Å². The molecule has 1 aromatic carbocycles. The molecule has 0 fully saturated rings. The van der Waals surface area contributed by atoms with Gasteiger partial charge >= 0.3 is 0 Å². The van der Waals surface area contributed by atoms with Crippen molar-refractivity contribution < 1.29 is 0 Å². The summed E-state index contributed by atoms with van der Waals surface area (Å²) < 4.78 is 0. The minimum absolute atomic E-state index is 0.403. The number of nitrogens with zero attached hydrogens (tertiary/aromatic N) is 1. The van der Waals surface area contributed by atoms with E-state index in [1.807, 2.05) is 24.3 Å². The van der Waals surface area contributed by atoms with Crippen LogP contribution in [-0.2, 0) is 0 Å². The Morgan fingerprint density at radius 1 is 1.38 bits per heavy atom. The van der Waals surface area contributed by atoms with E-state index < -0.39 is 0 Å². The zero-order chi connectivity index (χ0) is 11.7. The summed E-state index contributed by atoms with van der Waals surface area (Å²) in [7, 11) is 0. The van der Waals surface area contributed by atoms with Crippen LogP contribution in [0.4, 0.5) is 5.00 Å². The number of hydrogen-bond donors (Lipinski definition) is 1. The Hall–Kier alpha value is -1.06. The summed E-state index contributed by atoms with van der Waals surface area (Å²) in [6.45, 7) is 4.22. The Morgan fingerprint density at radius 3 is 2.69 bits per heavy atom. The maximum atomic E-state index is 5.97. The molecule has 84 valence electrons. The normalized spacial score (nSPS) is 11.0. The highest BCUT2D eigenvalue weighted by atomic mass is 35.5. The fraction of sp³-hybridized carbons (Fsp3) is 0.250. The van der Waals surface area contributed by atoms with Crippen molar-refractivity contribution in [1.82, 2.24) is 4.98 Å². The van der Waals surface area contributed by atoms with Crippen molar-refractivity contribution in [2.45, 2.75) is 19.8 Å². The van der Waals surface area contributed by atoms with Gasteiger partial charge in [0.2, 0.25) is 0 Å². The van der Waals surface area contributed by atoms with Crippen LogP contribution in [0.25, 0.3) is 11.3 Å². The number of hydrogen-bond acceptors (Lipinski definition) is 3. The molecule has 1 aromatic heterocycles. The first kappa shape index (κ1) is 11.4. The lowest BCUT2D eigenvalue weighted by Gasteiger charge is -1.99. The smallest absolute Gasteiger partial charge is 0.114 e. The second-order valence-electron chi connectivity index (χ2n) is 3.93. The fourth-order valence-corrected chi connectivity index (χ4v) is 2.49. The van der Waals surface area contributed by atoms with Crippen LogP contribution in [0.1, 0.15) is 24.8 Å². The van der Waals surface area contributed by atoms with Crippen LogP contribution in [0.15, 0.2) is 24.3 Å². The number of anilines is 1. The SMILES string of the molecule is CC(C)c1nc(-c2cccc(Cl)c2)c(N)s1. The van der Waals surface area contributed by atoms with Crippen LogP contribution < -0.4 is 5.73 Å². The van der Waals surface area contributed by atoms with Gasteiger partial charge in [-0.3, -0.25) is 0 Å². The highest BCUT2D eigenvalue weighted by Gasteiger charge is 2.12. The minimum atomic E-state index is 0.403. The first-order chi connectivity index (χ1) is 7.58.